The van der Waals surface area contributed by atoms with Crippen LogP contribution in [-0.2, 0) is 0 Å². The van der Waals surface area contributed by atoms with Crippen LogP contribution >= 0.6 is 0 Å². The molecule has 0 aliphatic heterocycles. The SMILES string of the molecule is CCC(C)C(N)=NC(C)C. The Morgan fingerprint density at radius 2 is 1.90 bits per heavy atom. The van der Waals surface area contributed by atoms with E-state index in [-0.39, 0.29) is 0 Å². The number of rotatable bonds is 3. The van der Waals surface area contributed by atoms with Gasteiger partial charge < -0.3 is 5.73 Å². The molecule has 2 N–H and O–H groups in total. The highest BCUT2D eigenvalue weighted by molar-refractivity contribution is 5.82. The van der Waals surface area contributed by atoms with Gasteiger partial charge in [0.2, 0.25) is 0 Å². The Morgan fingerprint density at radius 3 is 2.20 bits per heavy atom. The molecule has 1 atom stereocenters. The maximum Gasteiger partial charge on any atom is 0.0968 e. The van der Waals surface area contributed by atoms with Crippen molar-refractivity contribution in [1.29, 1.82) is 0 Å². The van der Waals surface area contributed by atoms with Crippen molar-refractivity contribution in [3.05, 3.63) is 0 Å². The second kappa shape index (κ2) is 4.31. The molecule has 60 valence electrons. The molecular weight excluding hydrogens is 124 g/mol. The molecule has 0 aromatic heterocycles. The Labute approximate surface area is 63.5 Å². The third-order valence-electron chi connectivity index (χ3n) is 1.52. The van der Waals surface area contributed by atoms with Gasteiger partial charge in [-0.25, -0.2) is 0 Å². The summed E-state index contributed by atoms with van der Waals surface area (Å²) in [6.07, 6.45) is 1.07. The van der Waals surface area contributed by atoms with E-state index < -0.39 is 0 Å². The van der Waals surface area contributed by atoms with E-state index >= 15 is 0 Å². The lowest BCUT2D eigenvalue weighted by Gasteiger charge is -2.08. The number of nitrogens with two attached hydrogens (primary N) is 1. The lowest BCUT2D eigenvalue weighted by molar-refractivity contribution is 0.712. The van der Waals surface area contributed by atoms with Crippen LogP contribution in [0.25, 0.3) is 0 Å². The molecule has 0 amide bonds. The van der Waals surface area contributed by atoms with Gasteiger partial charge in [-0.3, -0.25) is 4.99 Å². The summed E-state index contributed by atoms with van der Waals surface area (Å²) in [5, 5.41) is 0. The lowest BCUT2D eigenvalue weighted by Crippen LogP contribution is -2.22. The van der Waals surface area contributed by atoms with Gasteiger partial charge in [0, 0.05) is 12.0 Å². The Kier molecular flexibility index (Phi) is 4.08. The molecule has 0 radical (unpaired) electrons. The Morgan fingerprint density at radius 1 is 1.40 bits per heavy atom. The summed E-state index contributed by atoms with van der Waals surface area (Å²) < 4.78 is 0. The first-order valence-electron chi connectivity index (χ1n) is 3.91. The van der Waals surface area contributed by atoms with Gasteiger partial charge in [0.15, 0.2) is 0 Å². The maximum absolute atomic E-state index is 5.68. The highest BCUT2D eigenvalue weighted by atomic mass is 14.9. The summed E-state index contributed by atoms with van der Waals surface area (Å²) in [5.41, 5.74) is 5.68. The maximum atomic E-state index is 5.68. The molecule has 0 heterocycles. The van der Waals surface area contributed by atoms with Gasteiger partial charge in [0.1, 0.15) is 0 Å². The number of nitrogens with zero attached hydrogens (tertiary/aromatic N) is 1. The molecular formula is C8H18N2. The van der Waals surface area contributed by atoms with E-state index in [4.69, 9.17) is 5.73 Å². The van der Waals surface area contributed by atoms with Gasteiger partial charge in [-0.15, -0.1) is 0 Å². The Hall–Kier alpha value is -0.530. The summed E-state index contributed by atoms with van der Waals surface area (Å²) >= 11 is 0. The van der Waals surface area contributed by atoms with Crippen molar-refractivity contribution in [1.82, 2.24) is 0 Å². The lowest BCUT2D eigenvalue weighted by atomic mass is 10.1. The normalized spacial score (nSPS) is 15.9. The fourth-order valence-corrected chi connectivity index (χ4v) is 0.635. The van der Waals surface area contributed by atoms with Crippen molar-refractivity contribution >= 4 is 5.84 Å². The number of amidine groups is 1. The third kappa shape index (κ3) is 3.49. The minimum absolute atomic E-state index is 0.328. The van der Waals surface area contributed by atoms with Crippen LogP contribution in [0.15, 0.2) is 4.99 Å². The van der Waals surface area contributed by atoms with E-state index in [1.54, 1.807) is 0 Å². The second-order valence-electron chi connectivity index (χ2n) is 2.96. The highest BCUT2D eigenvalue weighted by Gasteiger charge is 2.02. The first-order chi connectivity index (χ1) is 4.57. The zero-order chi connectivity index (χ0) is 8.15. The van der Waals surface area contributed by atoms with E-state index in [0.29, 0.717) is 12.0 Å². The molecule has 0 bridgehead atoms. The van der Waals surface area contributed by atoms with Crippen LogP contribution in [-0.4, -0.2) is 11.9 Å². The van der Waals surface area contributed by atoms with Crippen molar-refractivity contribution < 1.29 is 0 Å². The van der Waals surface area contributed by atoms with Crippen LogP contribution in [0.1, 0.15) is 34.1 Å². The fourth-order valence-electron chi connectivity index (χ4n) is 0.635. The van der Waals surface area contributed by atoms with Gasteiger partial charge in [0.05, 0.1) is 5.84 Å². The molecule has 1 unspecified atom stereocenters. The topological polar surface area (TPSA) is 38.4 Å². The molecule has 0 fully saturated rings. The van der Waals surface area contributed by atoms with Gasteiger partial charge >= 0.3 is 0 Å². The van der Waals surface area contributed by atoms with E-state index in [9.17, 15) is 0 Å². The van der Waals surface area contributed by atoms with Crippen LogP contribution in [0.3, 0.4) is 0 Å². The zero-order valence-corrected chi connectivity index (χ0v) is 7.39. The number of hydrogen-bond acceptors (Lipinski definition) is 1. The van der Waals surface area contributed by atoms with Gasteiger partial charge in [-0.1, -0.05) is 13.8 Å². The van der Waals surface area contributed by atoms with E-state index in [1.807, 2.05) is 13.8 Å². The molecule has 0 aromatic rings. The Bertz CT molecular complexity index is 116. The largest absolute Gasteiger partial charge is 0.387 e. The monoisotopic (exact) mass is 142 g/mol. The van der Waals surface area contributed by atoms with Crippen LogP contribution in [0, 0.1) is 5.92 Å². The van der Waals surface area contributed by atoms with Gasteiger partial charge in [0.25, 0.3) is 0 Å². The third-order valence-corrected chi connectivity index (χ3v) is 1.52. The van der Waals surface area contributed by atoms with Crippen molar-refractivity contribution in [3.63, 3.8) is 0 Å². The van der Waals surface area contributed by atoms with Crippen molar-refractivity contribution in [2.45, 2.75) is 40.2 Å². The Balaban J connectivity index is 3.91. The van der Waals surface area contributed by atoms with Gasteiger partial charge in [-0.05, 0) is 20.3 Å². The minimum Gasteiger partial charge on any atom is -0.387 e. The second-order valence-corrected chi connectivity index (χ2v) is 2.96. The zero-order valence-electron chi connectivity index (χ0n) is 7.39. The van der Waals surface area contributed by atoms with Crippen LogP contribution in [0.2, 0.25) is 0 Å². The van der Waals surface area contributed by atoms with Crippen molar-refractivity contribution in [2.75, 3.05) is 0 Å². The number of hydrogen-bond donors (Lipinski definition) is 1. The van der Waals surface area contributed by atoms with E-state index in [1.165, 1.54) is 0 Å². The first-order valence-corrected chi connectivity index (χ1v) is 3.91. The molecule has 0 saturated heterocycles. The molecule has 2 nitrogen and oxygen atoms in total. The molecule has 10 heavy (non-hydrogen) atoms. The van der Waals surface area contributed by atoms with Gasteiger partial charge in [-0.2, -0.15) is 0 Å². The standard InChI is InChI=1S/C8H18N2/c1-5-7(4)8(9)10-6(2)3/h6-7H,5H2,1-4H3,(H2,9,10). The predicted molar refractivity (Wildman–Crippen MR) is 46.2 cm³/mol. The van der Waals surface area contributed by atoms with Crippen LogP contribution in [0.4, 0.5) is 0 Å². The predicted octanol–water partition coefficient (Wildman–Crippen LogP) is 1.80. The summed E-state index contributed by atoms with van der Waals surface area (Å²) in [5.74, 6) is 1.22. The average molecular weight is 142 g/mol. The molecule has 0 aromatic carbocycles. The van der Waals surface area contributed by atoms with Crippen LogP contribution < -0.4 is 5.73 Å². The average Bonchev–Trinajstić information content (AvgIpc) is 1.85. The molecule has 0 rings (SSSR count). The first kappa shape index (κ1) is 9.47. The van der Waals surface area contributed by atoms with Crippen molar-refractivity contribution in [3.8, 4) is 0 Å². The smallest absolute Gasteiger partial charge is 0.0968 e. The summed E-state index contributed by atoms with van der Waals surface area (Å²) in [4.78, 5) is 4.24. The summed E-state index contributed by atoms with van der Waals surface area (Å²) in [6, 6.07) is 0.328. The molecule has 0 aliphatic carbocycles. The summed E-state index contributed by atoms with van der Waals surface area (Å²) in [7, 11) is 0. The molecule has 0 aliphatic rings. The quantitative estimate of drug-likeness (QED) is 0.473. The van der Waals surface area contributed by atoms with E-state index in [2.05, 4.69) is 18.8 Å². The minimum atomic E-state index is 0.328. The number of aliphatic imine (C=N–C) groups is 1. The van der Waals surface area contributed by atoms with Crippen molar-refractivity contribution in [2.24, 2.45) is 16.6 Å². The van der Waals surface area contributed by atoms with Crippen LogP contribution in [0.5, 0.6) is 0 Å². The fraction of sp³-hybridized carbons (Fsp3) is 0.875. The highest BCUT2D eigenvalue weighted by Crippen LogP contribution is 2.01. The van der Waals surface area contributed by atoms with E-state index in [0.717, 1.165) is 12.3 Å². The molecule has 0 spiro atoms. The molecule has 0 saturated carbocycles. The molecule has 2 heteroatoms. The summed E-state index contributed by atoms with van der Waals surface area (Å²) in [6.45, 7) is 8.29.